The predicted molar refractivity (Wildman–Crippen MR) is 100 cm³/mol. The van der Waals surface area contributed by atoms with Crippen LogP contribution in [0, 0.1) is 28.6 Å². The first kappa shape index (κ1) is 16.2. The number of hydrogen-bond donors (Lipinski definition) is 1. The maximum atomic E-state index is 9.20. The number of nitriles is 2. The van der Waals surface area contributed by atoms with Gasteiger partial charge < -0.3 is 10.2 Å². The molecule has 0 spiro atoms. The molecule has 1 saturated heterocycles. The Labute approximate surface area is 154 Å². The van der Waals surface area contributed by atoms with Gasteiger partial charge in [0.15, 0.2) is 10.9 Å². The molecule has 0 aliphatic carbocycles. The molecule has 1 fully saturated rings. The van der Waals surface area contributed by atoms with Crippen molar-refractivity contribution in [1.29, 1.82) is 10.5 Å². The molecule has 0 saturated carbocycles. The summed E-state index contributed by atoms with van der Waals surface area (Å²) in [6.07, 6.45) is 5.20. The lowest BCUT2D eigenvalue weighted by atomic mass is 10.0. The number of fused-ring (bicyclic) bond motifs is 1. The lowest BCUT2D eigenvalue weighted by Gasteiger charge is -2.28. The van der Waals surface area contributed by atoms with E-state index in [1.54, 1.807) is 29.7 Å². The molecule has 0 aromatic carbocycles. The number of nitrogens with zero attached hydrogens (tertiary/aromatic N) is 6. The highest BCUT2D eigenvalue weighted by molar-refractivity contribution is 7.22. The van der Waals surface area contributed by atoms with Gasteiger partial charge in [-0.25, -0.2) is 15.0 Å². The van der Waals surface area contributed by atoms with E-state index in [1.807, 2.05) is 6.07 Å². The summed E-state index contributed by atoms with van der Waals surface area (Å²) in [7, 11) is 0. The van der Waals surface area contributed by atoms with E-state index in [2.05, 4.69) is 32.3 Å². The Morgan fingerprint density at radius 2 is 2.15 bits per heavy atom. The number of hydrogen-bond acceptors (Lipinski definition) is 8. The fourth-order valence-corrected chi connectivity index (χ4v) is 4.02. The second kappa shape index (κ2) is 6.95. The maximum absolute atomic E-state index is 9.20. The molecule has 0 radical (unpaired) electrons. The monoisotopic (exact) mass is 361 g/mol. The van der Waals surface area contributed by atoms with Gasteiger partial charge in [0.2, 0.25) is 0 Å². The van der Waals surface area contributed by atoms with Gasteiger partial charge in [-0.3, -0.25) is 0 Å². The maximum Gasteiger partial charge on any atom is 0.186 e. The zero-order valence-corrected chi connectivity index (χ0v) is 14.7. The molecule has 26 heavy (non-hydrogen) atoms. The van der Waals surface area contributed by atoms with E-state index >= 15 is 0 Å². The van der Waals surface area contributed by atoms with E-state index in [0.717, 1.165) is 41.3 Å². The number of piperidine rings is 1. The van der Waals surface area contributed by atoms with Gasteiger partial charge in [-0.15, -0.1) is 0 Å². The van der Waals surface area contributed by atoms with E-state index in [4.69, 9.17) is 10.2 Å². The van der Waals surface area contributed by atoms with Crippen LogP contribution in [0.15, 0.2) is 30.6 Å². The summed E-state index contributed by atoms with van der Waals surface area (Å²) in [4.78, 5) is 15.6. The van der Waals surface area contributed by atoms with Crippen LogP contribution in [0.2, 0.25) is 0 Å². The molecular weight excluding hydrogens is 346 g/mol. The van der Waals surface area contributed by atoms with E-state index < -0.39 is 0 Å². The molecule has 1 aliphatic rings. The molecule has 1 N–H and O–H groups in total. The third-order valence-corrected chi connectivity index (χ3v) is 5.45. The molecule has 7 nitrogen and oxygen atoms in total. The number of anilines is 3. The van der Waals surface area contributed by atoms with Crippen molar-refractivity contribution in [3.05, 3.63) is 36.2 Å². The Kier molecular flexibility index (Phi) is 4.34. The van der Waals surface area contributed by atoms with Gasteiger partial charge in [0.05, 0.1) is 27.8 Å². The fourth-order valence-electron chi connectivity index (χ4n) is 2.98. The molecule has 1 aliphatic heterocycles. The zero-order valence-electron chi connectivity index (χ0n) is 13.9. The molecule has 4 heterocycles. The first-order chi connectivity index (χ1) is 12.8. The number of rotatable bonds is 3. The van der Waals surface area contributed by atoms with Crippen LogP contribution in [-0.4, -0.2) is 28.0 Å². The fraction of sp³-hybridized carbons (Fsp3) is 0.278. The molecule has 4 rings (SSSR count). The molecule has 3 aromatic heterocycles. The summed E-state index contributed by atoms with van der Waals surface area (Å²) < 4.78 is 0.952. The minimum Gasteiger partial charge on any atom is -0.347 e. The van der Waals surface area contributed by atoms with Gasteiger partial charge in [0.1, 0.15) is 11.9 Å². The highest BCUT2D eigenvalue weighted by Gasteiger charge is 2.22. The van der Waals surface area contributed by atoms with Crippen LogP contribution in [0.1, 0.15) is 18.4 Å². The van der Waals surface area contributed by atoms with Crippen molar-refractivity contribution in [3.8, 4) is 12.1 Å². The molecular formula is C18H15N7S. The minimum atomic E-state index is 0.0642. The second-order valence-corrected chi connectivity index (χ2v) is 7.06. The van der Waals surface area contributed by atoms with E-state index in [9.17, 15) is 5.26 Å². The number of thiazole rings is 1. The first-order valence-corrected chi connectivity index (χ1v) is 9.12. The normalized spacial score (nSPS) is 16.8. The lowest BCUT2D eigenvalue weighted by Crippen LogP contribution is -2.34. The summed E-state index contributed by atoms with van der Waals surface area (Å²) in [5, 5.41) is 22.2. The topological polar surface area (TPSA) is 102 Å². The summed E-state index contributed by atoms with van der Waals surface area (Å²) in [5.41, 5.74) is 1.38. The Balaban J connectivity index is 1.63. The van der Waals surface area contributed by atoms with Gasteiger partial charge in [0, 0.05) is 25.5 Å². The average Bonchev–Trinajstić information content (AvgIpc) is 3.14. The molecule has 128 valence electrons. The van der Waals surface area contributed by atoms with Crippen molar-refractivity contribution in [3.63, 3.8) is 0 Å². The van der Waals surface area contributed by atoms with Gasteiger partial charge >= 0.3 is 0 Å². The predicted octanol–water partition coefficient (Wildman–Crippen LogP) is 3.44. The van der Waals surface area contributed by atoms with Gasteiger partial charge in [0.25, 0.3) is 0 Å². The highest BCUT2D eigenvalue weighted by atomic mass is 32.1. The van der Waals surface area contributed by atoms with Crippen LogP contribution < -0.4 is 10.2 Å². The van der Waals surface area contributed by atoms with Crippen molar-refractivity contribution in [1.82, 2.24) is 15.0 Å². The quantitative estimate of drug-likeness (QED) is 0.762. The number of pyridine rings is 2. The third kappa shape index (κ3) is 3.15. The van der Waals surface area contributed by atoms with E-state index in [0.29, 0.717) is 17.2 Å². The molecule has 8 heteroatoms. The molecule has 3 aromatic rings. The zero-order chi connectivity index (χ0) is 17.9. The van der Waals surface area contributed by atoms with Crippen LogP contribution in [0.4, 0.5) is 16.8 Å². The van der Waals surface area contributed by atoms with Crippen LogP contribution >= 0.6 is 11.3 Å². The van der Waals surface area contributed by atoms with Crippen LogP contribution in [-0.2, 0) is 0 Å². The van der Waals surface area contributed by atoms with Crippen molar-refractivity contribution in [2.45, 2.75) is 12.8 Å². The standard InChI is InChI=1S/C18H15N7S/c19-8-12-3-4-15(22-10-12)24-17-16-14(5-6-21-17)23-18(26-16)25-7-1-2-13(9-20)11-25/h3-6,10,13H,1-2,7,11H2,(H,21,22,24). The Hall–Kier alpha value is -3.23. The van der Waals surface area contributed by atoms with Crippen molar-refractivity contribution in [2.75, 3.05) is 23.3 Å². The third-order valence-electron chi connectivity index (χ3n) is 4.31. The van der Waals surface area contributed by atoms with Crippen molar-refractivity contribution >= 4 is 38.3 Å². The van der Waals surface area contributed by atoms with Crippen LogP contribution in [0.5, 0.6) is 0 Å². The van der Waals surface area contributed by atoms with Crippen molar-refractivity contribution < 1.29 is 0 Å². The second-order valence-electron chi connectivity index (χ2n) is 6.09. The molecule has 0 bridgehead atoms. The Morgan fingerprint density at radius 1 is 1.23 bits per heavy atom. The summed E-state index contributed by atoms with van der Waals surface area (Å²) in [6, 6.07) is 9.78. The lowest BCUT2D eigenvalue weighted by molar-refractivity contribution is 0.493. The SMILES string of the molecule is N#Cc1ccc(Nc2nccc3nc(N4CCCC(C#N)C4)sc23)nc1. The molecule has 0 amide bonds. The first-order valence-electron chi connectivity index (χ1n) is 8.30. The van der Waals surface area contributed by atoms with E-state index in [1.165, 1.54) is 6.20 Å². The summed E-state index contributed by atoms with van der Waals surface area (Å²) >= 11 is 1.57. The summed E-state index contributed by atoms with van der Waals surface area (Å²) in [5.74, 6) is 1.38. The summed E-state index contributed by atoms with van der Waals surface area (Å²) in [6.45, 7) is 1.65. The highest BCUT2D eigenvalue weighted by Crippen LogP contribution is 2.35. The Bertz CT molecular complexity index is 1010. The minimum absolute atomic E-state index is 0.0642. The van der Waals surface area contributed by atoms with Crippen LogP contribution in [0.3, 0.4) is 0 Å². The van der Waals surface area contributed by atoms with Crippen LogP contribution in [0.25, 0.3) is 10.2 Å². The van der Waals surface area contributed by atoms with E-state index in [-0.39, 0.29) is 5.92 Å². The van der Waals surface area contributed by atoms with Gasteiger partial charge in [-0.05, 0) is 31.0 Å². The number of nitrogens with one attached hydrogen (secondary N) is 1. The van der Waals surface area contributed by atoms with Gasteiger partial charge in [-0.2, -0.15) is 10.5 Å². The van der Waals surface area contributed by atoms with Crippen molar-refractivity contribution in [2.24, 2.45) is 5.92 Å². The van der Waals surface area contributed by atoms with Gasteiger partial charge in [-0.1, -0.05) is 11.3 Å². The number of aromatic nitrogens is 3. The largest absolute Gasteiger partial charge is 0.347 e. The average molecular weight is 361 g/mol. The Morgan fingerprint density at radius 3 is 2.92 bits per heavy atom. The molecule has 1 atom stereocenters. The molecule has 1 unspecified atom stereocenters. The smallest absolute Gasteiger partial charge is 0.186 e.